The smallest absolute Gasteiger partial charge is 0.257 e. The first-order valence-corrected chi connectivity index (χ1v) is 11.9. The number of alkyl halides is 3. The van der Waals surface area contributed by atoms with Gasteiger partial charge in [0.1, 0.15) is 5.82 Å². The van der Waals surface area contributed by atoms with Crippen LogP contribution in [0.2, 0.25) is 0 Å². The number of rotatable bonds is 6. The summed E-state index contributed by atoms with van der Waals surface area (Å²) in [6.07, 6.45) is 3.19. The van der Waals surface area contributed by atoms with Crippen LogP contribution in [0.25, 0.3) is 22.4 Å². The minimum absolute atomic E-state index is 0.0396. The average molecular weight is 479 g/mol. The molecule has 1 unspecified atom stereocenters. The highest BCUT2D eigenvalue weighted by Crippen LogP contribution is 2.43. The molecule has 3 aromatic rings. The molecule has 0 saturated heterocycles. The Labute approximate surface area is 189 Å². The van der Waals surface area contributed by atoms with Crippen molar-refractivity contribution in [2.24, 2.45) is 0 Å². The Balaban J connectivity index is 2.35. The lowest BCUT2D eigenvalue weighted by Gasteiger charge is -2.14. The molecule has 0 aliphatic heterocycles. The highest BCUT2D eigenvalue weighted by Gasteiger charge is 2.40. The van der Waals surface area contributed by atoms with Crippen LogP contribution in [0, 0.1) is 5.82 Å². The number of benzene rings is 2. The molecular weight excluding hydrogens is 456 g/mol. The highest BCUT2D eigenvalue weighted by atomic mass is 32.2. The maximum absolute atomic E-state index is 14.1. The summed E-state index contributed by atoms with van der Waals surface area (Å²) in [4.78, 5) is 0.0396. The number of aromatic nitrogens is 2. The molecule has 174 valence electrons. The Hall–Kier alpha value is -3.20. The van der Waals surface area contributed by atoms with Gasteiger partial charge in [0, 0.05) is 17.4 Å². The second-order valence-electron chi connectivity index (χ2n) is 7.47. The van der Waals surface area contributed by atoms with Crippen molar-refractivity contribution in [3.8, 4) is 22.4 Å². The summed E-state index contributed by atoms with van der Waals surface area (Å²) in [7, 11) is -3.49. The number of sulfone groups is 1. The number of hydrogen-bond acceptors (Lipinski definition) is 3. The fourth-order valence-electron chi connectivity index (χ4n) is 3.37. The lowest BCUT2D eigenvalue weighted by atomic mass is 9.98. The number of halogens is 4. The summed E-state index contributed by atoms with van der Waals surface area (Å²) in [5.74, 6) is -0.582. The van der Waals surface area contributed by atoms with Crippen molar-refractivity contribution in [3.63, 3.8) is 0 Å². The minimum Gasteiger partial charge on any atom is -0.257 e. The molecule has 1 heterocycles. The Morgan fingerprint density at radius 1 is 0.970 bits per heavy atom. The van der Waals surface area contributed by atoms with Crippen molar-refractivity contribution < 1.29 is 26.0 Å². The van der Waals surface area contributed by atoms with Gasteiger partial charge in [0.15, 0.2) is 15.5 Å². The zero-order valence-corrected chi connectivity index (χ0v) is 19.0. The van der Waals surface area contributed by atoms with Crippen molar-refractivity contribution in [2.75, 3.05) is 6.26 Å². The van der Waals surface area contributed by atoms with Gasteiger partial charge in [0.05, 0.1) is 16.6 Å². The maximum atomic E-state index is 14.1. The van der Waals surface area contributed by atoms with E-state index < -0.39 is 33.6 Å². The van der Waals surface area contributed by atoms with Crippen LogP contribution in [0.3, 0.4) is 0 Å². The first-order chi connectivity index (χ1) is 15.4. The molecule has 0 spiro atoms. The molecule has 1 atom stereocenters. The molecule has 9 heteroatoms. The van der Waals surface area contributed by atoms with E-state index in [9.17, 15) is 26.0 Å². The molecule has 1 aromatic heterocycles. The predicted octanol–water partition coefficient (Wildman–Crippen LogP) is 6.47. The third kappa shape index (κ3) is 5.42. The monoisotopic (exact) mass is 478 g/mol. The molecule has 0 aliphatic rings. The van der Waals surface area contributed by atoms with Crippen molar-refractivity contribution in [3.05, 3.63) is 84.3 Å². The van der Waals surface area contributed by atoms with Crippen molar-refractivity contribution in [2.45, 2.75) is 31.0 Å². The summed E-state index contributed by atoms with van der Waals surface area (Å²) in [5.41, 5.74) is -0.687. The molecule has 0 bridgehead atoms. The normalized spacial score (nSPS) is 13.8. The van der Waals surface area contributed by atoms with Gasteiger partial charge in [-0.25, -0.2) is 12.8 Å². The number of hydrogen-bond donors (Lipinski definition) is 0. The molecule has 0 N–H and O–H groups in total. The van der Waals surface area contributed by atoms with Crippen LogP contribution in [0.15, 0.2) is 77.7 Å². The minimum atomic E-state index is -4.77. The fraction of sp³-hybridized carbons (Fsp3) is 0.208. The lowest BCUT2D eigenvalue weighted by molar-refractivity contribution is -0.141. The van der Waals surface area contributed by atoms with Crippen molar-refractivity contribution >= 4 is 9.84 Å². The Kier molecular flexibility index (Phi) is 6.92. The molecule has 0 saturated carbocycles. The zero-order chi connectivity index (χ0) is 24.4. The van der Waals surface area contributed by atoms with Crippen LogP contribution < -0.4 is 0 Å². The van der Waals surface area contributed by atoms with E-state index in [0.717, 1.165) is 18.4 Å². The van der Waals surface area contributed by atoms with E-state index in [4.69, 9.17) is 0 Å². The second kappa shape index (κ2) is 9.35. The van der Waals surface area contributed by atoms with Gasteiger partial charge in [-0.2, -0.15) is 18.3 Å². The van der Waals surface area contributed by atoms with Crippen LogP contribution in [0.4, 0.5) is 17.6 Å². The maximum Gasteiger partial charge on any atom is 0.435 e. The lowest BCUT2D eigenvalue weighted by Crippen LogP contribution is -2.10. The molecule has 2 aromatic carbocycles. The van der Waals surface area contributed by atoms with Gasteiger partial charge in [0.2, 0.25) is 0 Å². The molecule has 0 amide bonds. The number of allylic oxidation sites excluding steroid dienone is 4. The number of nitrogens with zero attached hydrogens (tertiary/aromatic N) is 2. The van der Waals surface area contributed by atoms with Gasteiger partial charge >= 0.3 is 6.18 Å². The largest absolute Gasteiger partial charge is 0.435 e. The summed E-state index contributed by atoms with van der Waals surface area (Å²) in [6, 6.07) is 9.69. The summed E-state index contributed by atoms with van der Waals surface area (Å²) < 4.78 is 80.6. The molecule has 33 heavy (non-hydrogen) atoms. The van der Waals surface area contributed by atoms with E-state index >= 15 is 0 Å². The van der Waals surface area contributed by atoms with Gasteiger partial charge in [-0.1, -0.05) is 48.6 Å². The van der Waals surface area contributed by atoms with Crippen molar-refractivity contribution in [1.29, 1.82) is 0 Å². The quantitative estimate of drug-likeness (QED) is 0.301. The highest BCUT2D eigenvalue weighted by molar-refractivity contribution is 7.90. The Morgan fingerprint density at radius 3 is 2.06 bits per heavy atom. The average Bonchev–Trinajstić information content (AvgIpc) is 3.15. The van der Waals surface area contributed by atoms with Crippen LogP contribution in [0.1, 0.15) is 25.6 Å². The van der Waals surface area contributed by atoms with Gasteiger partial charge in [0.25, 0.3) is 0 Å². The first-order valence-electron chi connectivity index (χ1n) is 9.99. The second-order valence-corrected chi connectivity index (χ2v) is 9.49. The molecule has 0 aliphatic carbocycles. The van der Waals surface area contributed by atoms with E-state index in [1.807, 2.05) is 6.92 Å². The van der Waals surface area contributed by atoms with Crippen LogP contribution >= 0.6 is 0 Å². The Morgan fingerprint density at radius 2 is 1.55 bits per heavy atom. The van der Waals surface area contributed by atoms with Crippen LogP contribution in [-0.2, 0) is 16.0 Å². The molecule has 0 radical (unpaired) electrons. The third-order valence-electron chi connectivity index (χ3n) is 4.95. The summed E-state index contributed by atoms with van der Waals surface area (Å²) in [5, 5.41) is 3.91. The van der Waals surface area contributed by atoms with E-state index in [-0.39, 0.29) is 21.7 Å². The van der Waals surface area contributed by atoms with E-state index in [1.165, 1.54) is 41.1 Å². The summed E-state index contributed by atoms with van der Waals surface area (Å²) in [6.45, 7) is 3.50. The van der Waals surface area contributed by atoms with Gasteiger partial charge in [-0.15, -0.1) is 0 Å². The van der Waals surface area contributed by atoms with Crippen LogP contribution in [0.5, 0.6) is 0 Å². The van der Waals surface area contributed by atoms with Gasteiger partial charge in [-0.05, 0) is 43.7 Å². The van der Waals surface area contributed by atoms with E-state index in [1.54, 1.807) is 31.2 Å². The SMILES string of the molecule is C/C=C\C=C/C(C)n1nc(C(F)(F)F)c(-c2ccc(F)cc2)c1-c1ccc(S(C)(=O)=O)cc1. The fourth-order valence-corrected chi connectivity index (χ4v) is 4.00. The third-order valence-corrected chi connectivity index (χ3v) is 6.08. The van der Waals surface area contributed by atoms with Gasteiger partial charge in [-0.3, -0.25) is 4.68 Å². The van der Waals surface area contributed by atoms with Crippen molar-refractivity contribution in [1.82, 2.24) is 9.78 Å². The van der Waals surface area contributed by atoms with E-state index in [2.05, 4.69) is 5.10 Å². The zero-order valence-electron chi connectivity index (χ0n) is 18.1. The first kappa shape index (κ1) is 24.4. The predicted molar refractivity (Wildman–Crippen MR) is 120 cm³/mol. The molecular formula is C24H22F4N2O2S. The topological polar surface area (TPSA) is 52.0 Å². The molecule has 0 fully saturated rings. The van der Waals surface area contributed by atoms with Crippen LogP contribution in [-0.4, -0.2) is 24.5 Å². The standard InChI is InChI=1S/C24H22F4N2O2S/c1-4-5-6-7-16(2)30-22(18-10-14-20(15-11-18)33(3,31)32)21(23(29-30)24(26,27)28)17-8-12-19(25)13-9-17/h4-16H,1-3H3/b5-4-,7-6-. The van der Waals surface area contributed by atoms with E-state index in [0.29, 0.717) is 5.56 Å². The Bertz CT molecular complexity index is 1290. The molecule has 3 rings (SSSR count). The molecule has 4 nitrogen and oxygen atoms in total. The van der Waals surface area contributed by atoms with Gasteiger partial charge < -0.3 is 0 Å². The summed E-state index contributed by atoms with van der Waals surface area (Å²) >= 11 is 0.